The molecule has 19 heavy (non-hydrogen) atoms. The van der Waals surface area contributed by atoms with Crippen LogP contribution in [0.4, 0.5) is 16.7 Å². The Morgan fingerprint density at radius 1 is 1.32 bits per heavy atom. The van der Waals surface area contributed by atoms with Crippen molar-refractivity contribution in [2.75, 3.05) is 23.9 Å². The van der Waals surface area contributed by atoms with Crippen LogP contribution in [0.25, 0.3) is 0 Å². The van der Waals surface area contributed by atoms with Crippen molar-refractivity contribution in [3.63, 3.8) is 0 Å². The van der Waals surface area contributed by atoms with Crippen molar-refractivity contribution < 1.29 is 14.3 Å². The highest BCUT2D eigenvalue weighted by Gasteiger charge is 2.08. The summed E-state index contributed by atoms with van der Waals surface area (Å²) in [5.41, 5.74) is 7.12. The molecule has 0 saturated carbocycles. The second kappa shape index (κ2) is 7.16. The first-order chi connectivity index (χ1) is 9.01. The maximum atomic E-state index is 10.4. The van der Waals surface area contributed by atoms with Crippen LogP contribution in [-0.4, -0.2) is 40.3 Å². The number of hydrogen-bond acceptors (Lipinski definition) is 9. The Morgan fingerprint density at radius 2 is 2.00 bits per heavy atom. The smallest absolute Gasteiger partial charge is 0.404 e. The van der Waals surface area contributed by atoms with Crippen molar-refractivity contribution >= 4 is 18.0 Å². The normalized spacial score (nSPS) is 10.1. The van der Waals surface area contributed by atoms with Crippen molar-refractivity contribution in [3.8, 4) is 6.01 Å². The Labute approximate surface area is 109 Å². The Hall–Kier alpha value is -2.36. The molecule has 0 unspecified atom stereocenters. The second-order valence-corrected chi connectivity index (χ2v) is 3.67. The number of rotatable bonds is 7. The molecule has 0 spiro atoms. The molecular weight excluding hydrogens is 254 g/mol. The molecule has 0 aromatic carbocycles. The van der Waals surface area contributed by atoms with Crippen LogP contribution in [0.1, 0.15) is 13.8 Å². The maximum Gasteiger partial charge on any atom is 0.404 e. The molecule has 0 aliphatic rings. The van der Waals surface area contributed by atoms with Gasteiger partial charge in [0.05, 0.1) is 12.6 Å². The number of carbonyl (C=O) groups excluding carboxylic acids is 1. The number of anilines is 2. The van der Waals surface area contributed by atoms with E-state index in [9.17, 15) is 4.79 Å². The van der Waals surface area contributed by atoms with Gasteiger partial charge in [0.25, 0.3) is 0 Å². The number of nitrogen functional groups attached to an aromatic ring is 1. The number of nitrogens with zero attached hydrogens (tertiary/aromatic N) is 3. The minimum atomic E-state index is -0.842. The minimum absolute atomic E-state index is 0.0842. The molecule has 10 nitrogen and oxygen atoms in total. The SMILES string of the molecule is CC(C)Oc1nc(NN)nc(NCCOC(N)=O)n1. The highest BCUT2D eigenvalue weighted by molar-refractivity contribution is 5.64. The van der Waals surface area contributed by atoms with Gasteiger partial charge in [0, 0.05) is 0 Å². The van der Waals surface area contributed by atoms with Gasteiger partial charge in [-0.05, 0) is 13.8 Å². The van der Waals surface area contributed by atoms with E-state index in [0.29, 0.717) is 0 Å². The van der Waals surface area contributed by atoms with Gasteiger partial charge in [0.15, 0.2) is 0 Å². The summed E-state index contributed by atoms with van der Waals surface area (Å²) < 4.78 is 9.89. The summed E-state index contributed by atoms with van der Waals surface area (Å²) in [4.78, 5) is 22.3. The molecule has 1 rings (SSSR count). The Bertz CT molecular complexity index is 426. The van der Waals surface area contributed by atoms with Gasteiger partial charge < -0.3 is 20.5 Å². The molecule has 0 aliphatic carbocycles. The van der Waals surface area contributed by atoms with Gasteiger partial charge in [-0.1, -0.05) is 0 Å². The quantitative estimate of drug-likeness (QED) is 0.291. The molecule has 0 fully saturated rings. The van der Waals surface area contributed by atoms with Crippen LogP contribution in [0.3, 0.4) is 0 Å². The van der Waals surface area contributed by atoms with E-state index in [2.05, 4.69) is 30.4 Å². The van der Waals surface area contributed by atoms with Gasteiger partial charge in [-0.3, -0.25) is 5.43 Å². The van der Waals surface area contributed by atoms with E-state index >= 15 is 0 Å². The van der Waals surface area contributed by atoms with Gasteiger partial charge >= 0.3 is 12.1 Å². The highest BCUT2D eigenvalue weighted by atomic mass is 16.5. The van der Waals surface area contributed by atoms with Crippen LogP contribution < -0.4 is 27.1 Å². The van der Waals surface area contributed by atoms with Crippen molar-refractivity contribution in [1.82, 2.24) is 15.0 Å². The first-order valence-corrected chi connectivity index (χ1v) is 5.56. The average molecular weight is 271 g/mol. The zero-order valence-corrected chi connectivity index (χ0v) is 10.7. The first-order valence-electron chi connectivity index (χ1n) is 5.56. The molecule has 1 amide bonds. The molecular formula is C9H17N7O3. The number of nitrogens with two attached hydrogens (primary N) is 2. The second-order valence-electron chi connectivity index (χ2n) is 3.67. The number of hydrogen-bond donors (Lipinski definition) is 4. The number of amides is 1. The lowest BCUT2D eigenvalue weighted by Crippen LogP contribution is -2.20. The molecule has 0 atom stereocenters. The van der Waals surface area contributed by atoms with Crippen molar-refractivity contribution in [2.45, 2.75) is 20.0 Å². The predicted molar refractivity (Wildman–Crippen MR) is 67.4 cm³/mol. The van der Waals surface area contributed by atoms with Crippen LogP contribution in [0.2, 0.25) is 0 Å². The Kier molecular flexibility index (Phi) is 5.54. The molecule has 0 aliphatic heterocycles. The number of primary amides is 1. The molecule has 10 heteroatoms. The van der Waals surface area contributed by atoms with Crippen molar-refractivity contribution in [1.29, 1.82) is 0 Å². The molecule has 0 saturated heterocycles. The van der Waals surface area contributed by atoms with Crippen LogP contribution in [0.5, 0.6) is 6.01 Å². The summed E-state index contributed by atoms with van der Waals surface area (Å²) in [6.45, 7) is 4.06. The third kappa shape index (κ3) is 5.68. The minimum Gasteiger partial charge on any atom is -0.461 e. The molecule has 6 N–H and O–H groups in total. The maximum absolute atomic E-state index is 10.4. The van der Waals surface area contributed by atoms with E-state index in [0.717, 1.165) is 0 Å². The van der Waals surface area contributed by atoms with Gasteiger partial charge in [0.2, 0.25) is 11.9 Å². The molecule has 0 bridgehead atoms. The average Bonchev–Trinajstić information content (AvgIpc) is 2.33. The van der Waals surface area contributed by atoms with E-state index < -0.39 is 6.09 Å². The lowest BCUT2D eigenvalue weighted by atomic mass is 10.5. The highest BCUT2D eigenvalue weighted by Crippen LogP contribution is 2.11. The van der Waals surface area contributed by atoms with Gasteiger partial charge in [-0.2, -0.15) is 15.0 Å². The predicted octanol–water partition coefficient (Wildman–Crippen LogP) is -0.548. The first kappa shape index (κ1) is 14.7. The summed E-state index contributed by atoms with van der Waals surface area (Å²) in [5, 5.41) is 2.82. The summed E-state index contributed by atoms with van der Waals surface area (Å²) in [5.74, 6) is 5.64. The van der Waals surface area contributed by atoms with Gasteiger partial charge in [-0.25, -0.2) is 10.6 Å². The molecule has 0 radical (unpaired) electrons. The van der Waals surface area contributed by atoms with E-state index in [1.807, 2.05) is 13.8 Å². The number of carbonyl (C=O) groups is 1. The lowest BCUT2D eigenvalue weighted by molar-refractivity contribution is 0.161. The summed E-state index contributed by atoms with van der Waals surface area (Å²) in [7, 11) is 0. The number of hydrazine groups is 1. The summed E-state index contributed by atoms with van der Waals surface area (Å²) in [6, 6.07) is 0.135. The summed E-state index contributed by atoms with van der Waals surface area (Å²) in [6.07, 6.45) is -0.926. The molecule has 1 heterocycles. The van der Waals surface area contributed by atoms with E-state index in [4.69, 9.17) is 16.3 Å². The number of ether oxygens (including phenoxy) is 2. The standard InChI is InChI=1S/C9H17N7O3/c1-5(2)19-9-14-7(13-8(15-9)16-11)12-3-4-18-6(10)17/h5H,3-4,11H2,1-2H3,(H2,10,17)(H2,12,13,14,15,16). The van der Waals surface area contributed by atoms with Gasteiger partial charge in [0.1, 0.15) is 6.61 Å². The number of aromatic nitrogens is 3. The van der Waals surface area contributed by atoms with Crippen LogP contribution in [0, 0.1) is 0 Å². The fourth-order valence-corrected chi connectivity index (χ4v) is 1.08. The lowest BCUT2D eigenvalue weighted by Gasteiger charge is -2.10. The number of nitrogens with one attached hydrogen (secondary N) is 2. The largest absolute Gasteiger partial charge is 0.461 e. The van der Waals surface area contributed by atoms with Crippen LogP contribution >= 0.6 is 0 Å². The Balaban J connectivity index is 2.63. The third-order valence-corrected chi connectivity index (χ3v) is 1.71. The Morgan fingerprint density at radius 3 is 2.58 bits per heavy atom. The monoisotopic (exact) mass is 271 g/mol. The molecule has 106 valence electrons. The molecule has 1 aromatic heterocycles. The van der Waals surface area contributed by atoms with Crippen molar-refractivity contribution in [2.24, 2.45) is 11.6 Å². The van der Waals surface area contributed by atoms with E-state index in [1.54, 1.807) is 0 Å². The van der Waals surface area contributed by atoms with Gasteiger partial charge in [-0.15, -0.1) is 0 Å². The van der Waals surface area contributed by atoms with Crippen LogP contribution in [0.15, 0.2) is 0 Å². The fourth-order valence-electron chi connectivity index (χ4n) is 1.08. The zero-order valence-electron chi connectivity index (χ0n) is 10.7. The third-order valence-electron chi connectivity index (χ3n) is 1.71. The molecule has 1 aromatic rings. The van der Waals surface area contributed by atoms with E-state index in [-0.39, 0.29) is 37.2 Å². The van der Waals surface area contributed by atoms with Crippen molar-refractivity contribution in [3.05, 3.63) is 0 Å². The fraction of sp³-hybridized carbons (Fsp3) is 0.556. The topological polar surface area (TPSA) is 150 Å². The van der Waals surface area contributed by atoms with Crippen LogP contribution in [-0.2, 0) is 4.74 Å². The zero-order chi connectivity index (χ0) is 14.3. The summed E-state index contributed by atoms with van der Waals surface area (Å²) >= 11 is 0. The van der Waals surface area contributed by atoms with E-state index in [1.165, 1.54) is 0 Å².